The van der Waals surface area contributed by atoms with E-state index in [-0.39, 0.29) is 34.4 Å². The van der Waals surface area contributed by atoms with Crippen LogP contribution in [0.4, 0.5) is 5.13 Å². The van der Waals surface area contributed by atoms with Gasteiger partial charge in [-0.2, -0.15) is 0 Å². The van der Waals surface area contributed by atoms with Crippen molar-refractivity contribution in [2.24, 2.45) is 0 Å². The first-order valence-electron chi connectivity index (χ1n) is 14.6. The Kier molecular flexibility index (Phi) is 8.94. The lowest BCUT2D eigenvalue weighted by Gasteiger charge is -2.24. The van der Waals surface area contributed by atoms with Gasteiger partial charge in [-0.1, -0.05) is 60.4 Å². The molecule has 1 aromatic heterocycles. The van der Waals surface area contributed by atoms with E-state index in [0.29, 0.717) is 47.5 Å². The zero-order chi connectivity index (χ0) is 33.1. The second-order valence-electron chi connectivity index (χ2n) is 10.5. The highest BCUT2D eigenvalue weighted by molar-refractivity contribution is 7.17. The van der Waals surface area contributed by atoms with E-state index in [1.54, 1.807) is 43.3 Å². The van der Waals surface area contributed by atoms with Crippen LogP contribution in [0.15, 0.2) is 85.0 Å². The number of benzene rings is 3. The van der Waals surface area contributed by atoms with Gasteiger partial charge in [-0.05, 0) is 48.4 Å². The Hall–Kier alpha value is -5.62. The van der Waals surface area contributed by atoms with Gasteiger partial charge in [-0.25, -0.2) is 9.78 Å². The summed E-state index contributed by atoms with van der Waals surface area (Å²) in [6.45, 7) is 6.13. The molecule has 0 radical (unpaired) electrons. The minimum atomic E-state index is -1.15. The number of aliphatic hydroxyl groups excluding tert-OH is 1. The SMILES string of the molecule is C=CCOC(=O)c1sc(N2C(=O)C(=O)C(=C(O)c3ccc4c(c3)OCCO4)C2c2ccc(OCc3ccccc3)c(OC)c2)nc1C. The number of aliphatic hydroxyl groups is 1. The monoisotopic (exact) mass is 654 g/mol. The molecule has 2 aliphatic rings. The maximum atomic E-state index is 13.8. The molecule has 1 unspecified atom stereocenters. The normalized spacial score (nSPS) is 16.6. The summed E-state index contributed by atoms with van der Waals surface area (Å²) < 4.78 is 28.2. The molecule has 6 rings (SSSR count). The predicted molar refractivity (Wildman–Crippen MR) is 173 cm³/mol. The quantitative estimate of drug-likeness (QED) is 0.0738. The largest absolute Gasteiger partial charge is 0.507 e. The zero-order valence-electron chi connectivity index (χ0n) is 25.6. The first-order valence-corrected chi connectivity index (χ1v) is 15.4. The number of esters is 1. The Morgan fingerprint density at radius 1 is 1.06 bits per heavy atom. The molecule has 0 saturated carbocycles. The van der Waals surface area contributed by atoms with Crippen molar-refractivity contribution in [3.8, 4) is 23.0 Å². The Morgan fingerprint density at radius 3 is 2.57 bits per heavy atom. The lowest BCUT2D eigenvalue weighted by Crippen LogP contribution is -2.29. The van der Waals surface area contributed by atoms with Gasteiger partial charge in [0.2, 0.25) is 0 Å². The fourth-order valence-corrected chi connectivity index (χ4v) is 6.26. The number of carbonyl (C=O) groups excluding carboxylic acids is 3. The van der Waals surface area contributed by atoms with Crippen LogP contribution in [0.3, 0.4) is 0 Å². The molecule has 4 aromatic rings. The Bertz CT molecular complexity index is 1900. The molecule has 1 amide bonds. The second kappa shape index (κ2) is 13.4. The number of thiazole rings is 1. The summed E-state index contributed by atoms with van der Waals surface area (Å²) in [5.74, 6) is -1.27. The van der Waals surface area contributed by atoms with Gasteiger partial charge >= 0.3 is 11.9 Å². The topological polar surface area (TPSA) is 134 Å². The molecule has 11 nitrogen and oxygen atoms in total. The fourth-order valence-electron chi connectivity index (χ4n) is 5.27. The molecule has 47 heavy (non-hydrogen) atoms. The highest BCUT2D eigenvalue weighted by Crippen LogP contribution is 2.46. The van der Waals surface area contributed by atoms with E-state index in [2.05, 4.69) is 11.6 Å². The van der Waals surface area contributed by atoms with Gasteiger partial charge in [0.25, 0.3) is 5.78 Å². The third kappa shape index (κ3) is 6.15. The molecule has 2 aliphatic heterocycles. The van der Waals surface area contributed by atoms with E-state index in [0.717, 1.165) is 16.9 Å². The first-order chi connectivity index (χ1) is 22.8. The summed E-state index contributed by atoms with van der Waals surface area (Å²) in [6, 6.07) is 18.2. The number of anilines is 1. The number of fused-ring (bicyclic) bond motifs is 1. The molecular formula is C35H30N2O9S. The minimum absolute atomic E-state index is 0.00988. The summed E-state index contributed by atoms with van der Waals surface area (Å²) in [5, 5.41) is 11.7. The van der Waals surface area contributed by atoms with Gasteiger partial charge < -0.3 is 28.8 Å². The van der Waals surface area contributed by atoms with Crippen LogP contribution in [-0.2, 0) is 20.9 Å². The number of aryl methyl sites for hydroxylation is 1. The molecular weight excluding hydrogens is 624 g/mol. The van der Waals surface area contributed by atoms with Crippen molar-refractivity contribution >= 4 is 39.9 Å². The van der Waals surface area contributed by atoms with Crippen LogP contribution < -0.4 is 23.8 Å². The lowest BCUT2D eigenvalue weighted by molar-refractivity contribution is -0.132. The second-order valence-corrected chi connectivity index (χ2v) is 11.5. The van der Waals surface area contributed by atoms with Crippen molar-refractivity contribution in [2.75, 3.05) is 31.8 Å². The Balaban J connectivity index is 1.46. The molecule has 240 valence electrons. The number of hydrogen-bond donors (Lipinski definition) is 1. The number of ketones is 1. The fraction of sp³-hybridized carbons (Fsp3) is 0.200. The summed E-state index contributed by atoms with van der Waals surface area (Å²) in [5.41, 5.74) is 1.75. The zero-order valence-corrected chi connectivity index (χ0v) is 26.4. The van der Waals surface area contributed by atoms with Crippen LogP contribution in [0.2, 0.25) is 0 Å². The van der Waals surface area contributed by atoms with E-state index in [9.17, 15) is 19.5 Å². The Morgan fingerprint density at radius 2 is 1.83 bits per heavy atom. The van der Waals surface area contributed by atoms with Crippen LogP contribution in [-0.4, -0.2) is 54.7 Å². The van der Waals surface area contributed by atoms with Gasteiger partial charge in [0.05, 0.1) is 24.4 Å². The minimum Gasteiger partial charge on any atom is -0.507 e. The first kappa shape index (κ1) is 31.4. The number of nitrogens with zero attached hydrogens (tertiary/aromatic N) is 2. The number of carbonyl (C=O) groups is 3. The summed E-state index contributed by atoms with van der Waals surface area (Å²) >= 11 is 0.903. The van der Waals surface area contributed by atoms with Crippen LogP contribution in [0.1, 0.15) is 38.1 Å². The highest BCUT2D eigenvalue weighted by Gasteiger charge is 2.49. The highest BCUT2D eigenvalue weighted by atomic mass is 32.1. The number of ether oxygens (including phenoxy) is 5. The number of hydrogen-bond acceptors (Lipinski definition) is 11. The summed E-state index contributed by atoms with van der Waals surface area (Å²) in [4.78, 5) is 46.1. The molecule has 1 N–H and O–H groups in total. The standard InChI is InChI=1S/C35H30N2O9S/c1-4-14-45-34(41)32-20(2)36-35(47-32)37-29(22-10-12-24(26(17-22)42-3)46-19-21-8-6-5-7-9-21)28(31(39)33(37)40)30(38)23-11-13-25-27(18-23)44-16-15-43-25/h4-13,17-18,29,38H,1,14-16,19H2,2-3H3. The van der Waals surface area contributed by atoms with Crippen LogP contribution in [0, 0.1) is 6.92 Å². The van der Waals surface area contributed by atoms with Crippen LogP contribution in [0.25, 0.3) is 5.76 Å². The number of Topliss-reactive ketones (excluding diaryl/α,β-unsaturated/α-hetero) is 1. The predicted octanol–water partition coefficient (Wildman–Crippen LogP) is 5.78. The number of aromatic nitrogens is 1. The van der Waals surface area contributed by atoms with Crippen molar-refractivity contribution in [2.45, 2.75) is 19.6 Å². The average Bonchev–Trinajstić information content (AvgIpc) is 3.61. The number of methoxy groups -OCH3 is 1. The van der Waals surface area contributed by atoms with Crippen LogP contribution in [0.5, 0.6) is 23.0 Å². The van der Waals surface area contributed by atoms with E-state index in [1.807, 2.05) is 30.3 Å². The molecule has 12 heteroatoms. The molecule has 0 aliphatic carbocycles. The van der Waals surface area contributed by atoms with E-state index in [4.69, 9.17) is 23.7 Å². The van der Waals surface area contributed by atoms with E-state index in [1.165, 1.54) is 18.1 Å². The van der Waals surface area contributed by atoms with E-state index < -0.39 is 29.5 Å². The van der Waals surface area contributed by atoms with E-state index >= 15 is 0 Å². The van der Waals surface area contributed by atoms with Crippen molar-refractivity contribution in [3.05, 3.63) is 112 Å². The molecule has 1 atom stereocenters. The number of rotatable bonds is 10. The maximum absolute atomic E-state index is 13.8. The maximum Gasteiger partial charge on any atom is 0.350 e. The summed E-state index contributed by atoms with van der Waals surface area (Å²) in [6.07, 6.45) is 1.44. The van der Waals surface area contributed by atoms with Gasteiger partial charge in [0.15, 0.2) is 28.1 Å². The van der Waals surface area contributed by atoms with Gasteiger partial charge in [0, 0.05) is 5.56 Å². The molecule has 3 aromatic carbocycles. The molecule has 0 bridgehead atoms. The van der Waals surface area contributed by atoms with Crippen molar-refractivity contribution in [1.29, 1.82) is 0 Å². The smallest absolute Gasteiger partial charge is 0.350 e. The van der Waals surface area contributed by atoms with Gasteiger partial charge in [-0.3, -0.25) is 14.5 Å². The molecule has 3 heterocycles. The van der Waals surface area contributed by atoms with Gasteiger partial charge in [-0.15, -0.1) is 0 Å². The lowest BCUT2D eigenvalue weighted by atomic mass is 9.95. The van der Waals surface area contributed by atoms with Crippen molar-refractivity contribution < 1.29 is 43.2 Å². The molecule has 1 saturated heterocycles. The Labute approximate surface area is 274 Å². The third-order valence-corrected chi connectivity index (χ3v) is 8.65. The van der Waals surface area contributed by atoms with Crippen molar-refractivity contribution in [3.63, 3.8) is 0 Å². The van der Waals surface area contributed by atoms with Gasteiger partial charge in [0.1, 0.15) is 37.1 Å². The van der Waals surface area contributed by atoms with Crippen molar-refractivity contribution in [1.82, 2.24) is 4.98 Å². The summed E-state index contributed by atoms with van der Waals surface area (Å²) in [7, 11) is 1.48. The average molecular weight is 655 g/mol. The van der Waals surface area contributed by atoms with Crippen LogP contribution >= 0.6 is 11.3 Å². The molecule has 0 spiro atoms. The molecule has 1 fully saturated rings. The number of amides is 1. The third-order valence-electron chi connectivity index (χ3n) is 7.51.